The average Bonchev–Trinajstić information content (AvgIpc) is 3.64. The van der Waals surface area contributed by atoms with Crippen LogP contribution in [0.25, 0.3) is 10.9 Å². The largest absolute Gasteiger partial charge is 0.497 e. The maximum Gasteiger partial charge on any atom is 0.250 e. The smallest absolute Gasteiger partial charge is 0.250 e. The fraction of sp³-hybridized carbons (Fsp3) is 0.233. The molecule has 4 atom stereocenters. The van der Waals surface area contributed by atoms with E-state index in [9.17, 15) is 14.4 Å². The van der Waals surface area contributed by atoms with E-state index in [4.69, 9.17) is 16.3 Å². The summed E-state index contributed by atoms with van der Waals surface area (Å²) in [6.45, 7) is 1.87. The molecule has 0 radical (unpaired) electrons. The van der Waals surface area contributed by atoms with Crippen LogP contribution in [0.2, 0.25) is 5.02 Å². The summed E-state index contributed by atoms with van der Waals surface area (Å²) in [5.74, 6) is -2.31. The van der Waals surface area contributed by atoms with Crippen LogP contribution in [-0.4, -0.2) is 35.9 Å². The molecule has 3 N–H and O–H groups in total. The molecule has 2 saturated heterocycles. The lowest BCUT2D eigenvalue weighted by Crippen LogP contribution is -2.53. The molecule has 0 aliphatic carbocycles. The molecule has 3 amide bonds. The highest BCUT2D eigenvalue weighted by atomic mass is 35.5. The first-order valence-corrected chi connectivity index (χ1v) is 13.2. The Kier molecular flexibility index (Phi) is 5.17. The number of fused-ring (bicyclic) bond motifs is 5. The van der Waals surface area contributed by atoms with Gasteiger partial charge in [-0.25, -0.2) is 4.90 Å². The Morgan fingerprint density at radius 2 is 1.85 bits per heavy atom. The number of benzene rings is 3. The second-order valence-corrected chi connectivity index (χ2v) is 10.9. The normalized spacial score (nSPS) is 25.5. The Morgan fingerprint density at radius 1 is 1.03 bits per heavy atom. The number of hydrogen-bond acceptors (Lipinski definition) is 5. The molecule has 4 aromatic rings. The second-order valence-electron chi connectivity index (χ2n) is 10.4. The number of anilines is 2. The summed E-state index contributed by atoms with van der Waals surface area (Å²) in [6.07, 6.45) is 2.37. The molecule has 1 spiro atoms. The van der Waals surface area contributed by atoms with Crippen LogP contribution in [0, 0.1) is 18.8 Å². The summed E-state index contributed by atoms with van der Waals surface area (Å²) in [5.41, 5.74) is 2.98. The first kappa shape index (κ1) is 23.9. The second kappa shape index (κ2) is 8.43. The molecule has 3 aromatic carbocycles. The van der Waals surface area contributed by atoms with Gasteiger partial charge in [0.25, 0.3) is 0 Å². The number of aromatic amines is 1. The molecule has 3 aliphatic heterocycles. The predicted octanol–water partition coefficient (Wildman–Crippen LogP) is 4.31. The van der Waals surface area contributed by atoms with E-state index in [-0.39, 0.29) is 11.8 Å². The van der Waals surface area contributed by atoms with Gasteiger partial charge in [-0.2, -0.15) is 0 Å². The van der Waals surface area contributed by atoms with Crippen molar-refractivity contribution in [2.75, 3.05) is 17.3 Å². The van der Waals surface area contributed by atoms with Crippen LogP contribution >= 0.6 is 11.6 Å². The highest BCUT2D eigenvalue weighted by molar-refractivity contribution is 6.31. The van der Waals surface area contributed by atoms with Gasteiger partial charge in [0.15, 0.2) is 0 Å². The standard InChI is InChI=1S/C30H25ClN4O4/c1-15-10-17(31)12-21-26(15)33-29(38)30(21)25-24(23(34-30)11-16-14-32-22-9-4-3-8-20(16)22)27(36)35(28(25)37)18-6-5-7-19(13-18)39-2/h3-10,12-14,23-25,32,34H,11H2,1-2H3,(H,33,38)/t23?,24-,25+,30?/m1/s1. The Balaban J connectivity index is 1.40. The van der Waals surface area contributed by atoms with Crippen molar-refractivity contribution in [1.82, 2.24) is 10.3 Å². The number of nitrogens with one attached hydrogen (secondary N) is 3. The van der Waals surface area contributed by atoms with Crippen molar-refractivity contribution in [3.8, 4) is 5.75 Å². The summed E-state index contributed by atoms with van der Waals surface area (Å²) in [4.78, 5) is 46.8. The Labute approximate surface area is 229 Å². The van der Waals surface area contributed by atoms with Crippen molar-refractivity contribution >= 4 is 51.6 Å². The molecule has 9 heteroatoms. The number of hydrogen-bond donors (Lipinski definition) is 3. The lowest BCUT2D eigenvalue weighted by molar-refractivity contribution is -0.130. The Morgan fingerprint density at radius 3 is 2.67 bits per heavy atom. The van der Waals surface area contributed by atoms with Crippen molar-refractivity contribution < 1.29 is 19.1 Å². The third kappa shape index (κ3) is 3.25. The first-order chi connectivity index (χ1) is 18.8. The number of carbonyl (C=O) groups is 3. The number of ether oxygens (including phenoxy) is 1. The molecule has 0 saturated carbocycles. The number of methoxy groups -OCH3 is 1. The van der Waals surface area contributed by atoms with E-state index in [1.807, 2.05) is 37.4 Å². The van der Waals surface area contributed by atoms with E-state index in [1.165, 1.54) is 12.0 Å². The van der Waals surface area contributed by atoms with Crippen molar-refractivity contribution in [2.24, 2.45) is 11.8 Å². The Hall–Kier alpha value is -4.14. The fourth-order valence-electron chi connectivity index (χ4n) is 6.75. The summed E-state index contributed by atoms with van der Waals surface area (Å²) >= 11 is 6.47. The highest BCUT2D eigenvalue weighted by Gasteiger charge is 2.70. The quantitative estimate of drug-likeness (QED) is 0.335. The minimum absolute atomic E-state index is 0.340. The van der Waals surface area contributed by atoms with E-state index < -0.39 is 29.3 Å². The average molecular weight is 541 g/mol. The number of rotatable bonds is 4. The monoisotopic (exact) mass is 540 g/mol. The lowest BCUT2D eigenvalue weighted by atomic mass is 9.76. The maximum atomic E-state index is 14.2. The molecule has 7 rings (SSSR count). The van der Waals surface area contributed by atoms with E-state index >= 15 is 0 Å². The van der Waals surface area contributed by atoms with E-state index in [2.05, 4.69) is 15.6 Å². The van der Waals surface area contributed by atoms with Crippen LogP contribution in [0.1, 0.15) is 16.7 Å². The van der Waals surface area contributed by atoms with Gasteiger partial charge in [0.2, 0.25) is 17.7 Å². The molecule has 196 valence electrons. The van der Waals surface area contributed by atoms with Gasteiger partial charge in [-0.15, -0.1) is 0 Å². The van der Waals surface area contributed by atoms with Crippen molar-refractivity contribution in [2.45, 2.75) is 24.9 Å². The number of imide groups is 1. The van der Waals surface area contributed by atoms with Crippen LogP contribution in [0.15, 0.2) is 66.9 Å². The predicted molar refractivity (Wildman–Crippen MR) is 148 cm³/mol. The van der Waals surface area contributed by atoms with Crippen molar-refractivity contribution in [3.05, 3.63) is 88.6 Å². The Bertz CT molecular complexity index is 1710. The number of aryl methyl sites for hydroxylation is 1. The van der Waals surface area contributed by atoms with Crippen LogP contribution in [0.3, 0.4) is 0 Å². The number of aromatic nitrogens is 1. The van der Waals surface area contributed by atoms with Gasteiger partial charge in [0.1, 0.15) is 11.3 Å². The number of amides is 3. The van der Waals surface area contributed by atoms with Gasteiger partial charge in [-0.1, -0.05) is 35.9 Å². The zero-order valence-corrected chi connectivity index (χ0v) is 22.0. The summed E-state index contributed by atoms with van der Waals surface area (Å²) in [6, 6.07) is 17.8. The first-order valence-electron chi connectivity index (χ1n) is 12.8. The number of para-hydroxylation sites is 1. The molecule has 1 aromatic heterocycles. The summed E-state index contributed by atoms with van der Waals surface area (Å²) in [7, 11) is 1.53. The molecule has 8 nitrogen and oxygen atoms in total. The van der Waals surface area contributed by atoms with E-state index in [0.717, 1.165) is 22.0 Å². The van der Waals surface area contributed by atoms with Gasteiger partial charge in [0, 0.05) is 45.5 Å². The summed E-state index contributed by atoms with van der Waals surface area (Å²) < 4.78 is 5.35. The molecule has 4 heterocycles. The van der Waals surface area contributed by atoms with Gasteiger partial charge in [0.05, 0.1) is 24.6 Å². The SMILES string of the molecule is COc1cccc(N2C(=O)[C@@H]3C(Cc4c[nH]c5ccccc45)NC4(C(=O)Nc5c(C)cc(Cl)cc54)[C@@H]3C2=O)c1. The zero-order valence-electron chi connectivity index (χ0n) is 21.2. The van der Waals surface area contributed by atoms with Crippen molar-refractivity contribution in [1.29, 1.82) is 0 Å². The van der Waals surface area contributed by atoms with Crippen LogP contribution in [-0.2, 0) is 26.3 Å². The molecular weight excluding hydrogens is 516 g/mol. The van der Waals surface area contributed by atoms with E-state index in [0.29, 0.717) is 34.1 Å². The highest BCUT2D eigenvalue weighted by Crippen LogP contribution is 2.55. The molecule has 2 unspecified atom stereocenters. The number of carbonyl (C=O) groups excluding carboxylic acids is 3. The van der Waals surface area contributed by atoms with Crippen LogP contribution in [0.5, 0.6) is 5.75 Å². The van der Waals surface area contributed by atoms with Gasteiger partial charge in [-0.3, -0.25) is 19.7 Å². The van der Waals surface area contributed by atoms with Crippen LogP contribution in [0.4, 0.5) is 11.4 Å². The third-order valence-corrected chi connectivity index (χ3v) is 8.63. The molecule has 0 bridgehead atoms. The number of H-pyrrole nitrogens is 1. The van der Waals surface area contributed by atoms with E-state index in [1.54, 1.807) is 36.4 Å². The molecule has 39 heavy (non-hydrogen) atoms. The molecule has 2 fully saturated rings. The number of nitrogens with zero attached hydrogens (tertiary/aromatic N) is 1. The minimum Gasteiger partial charge on any atom is -0.497 e. The maximum absolute atomic E-state index is 14.2. The lowest BCUT2D eigenvalue weighted by Gasteiger charge is -2.29. The van der Waals surface area contributed by atoms with Gasteiger partial charge in [-0.05, 0) is 54.8 Å². The van der Waals surface area contributed by atoms with Gasteiger partial charge < -0.3 is 15.0 Å². The minimum atomic E-state index is -1.44. The number of halogens is 1. The van der Waals surface area contributed by atoms with Crippen LogP contribution < -0.4 is 20.3 Å². The van der Waals surface area contributed by atoms with Gasteiger partial charge >= 0.3 is 0 Å². The fourth-order valence-corrected chi connectivity index (χ4v) is 7.02. The van der Waals surface area contributed by atoms with Crippen molar-refractivity contribution in [3.63, 3.8) is 0 Å². The summed E-state index contributed by atoms with van der Waals surface area (Å²) in [5, 5.41) is 7.99. The molecule has 3 aliphatic rings. The third-order valence-electron chi connectivity index (χ3n) is 8.41. The molecular formula is C30H25ClN4O4. The topological polar surface area (TPSA) is 104 Å². The zero-order chi connectivity index (χ0) is 27.1.